The molecule has 1 aromatic carbocycles. The zero-order valence-electron chi connectivity index (χ0n) is 12.6. The van der Waals surface area contributed by atoms with Crippen LogP contribution in [0, 0.1) is 6.92 Å². The SMILES string of the molecule is CCCNC(=O)CCNc1cc(C)nc2ccc(N)cc12. The molecule has 4 N–H and O–H groups in total. The summed E-state index contributed by atoms with van der Waals surface area (Å²) in [5.41, 5.74) is 9.35. The van der Waals surface area contributed by atoms with Crippen LogP contribution in [0.4, 0.5) is 11.4 Å². The summed E-state index contributed by atoms with van der Waals surface area (Å²) in [6.45, 7) is 5.30. The van der Waals surface area contributed by atoms with E-state index in [4.69, 9.17) is 5.73 Å². The number of aromatic nitrogens is 1. The number of nitrogens with zero attached hydrogens (tertiary/aromatic N) is 1. The molecular formula is C16H22N4O. The van der Waals surface area contributed by atoms with Crippen LogP contribution in [0.5, 0.6) is 0 Å². The molecule has 2 rings (SSSR count). The number of fused-ring (bicyclic) bond motifs is 1. The van der Waals surface area contributed by atoms with Crippen molar-refractivity contribution in [3.05, 3.63) is 30.0 Å². The number of nitrogen functional groups attached to an aromatic ring is 1. The van der Waals surface area contributed by atoms with Gasteiger partial charge in [-0.2, -0.15) is 0 Å². The number of hydrogen-bond donors (Lipinski definition) is 3. The van der Waals surface area contributed by atoms with Gasteiger partial charge in [-0.1, -0.05) is 6.92 Å². The third-order valence-electron chi connectivity index (χ3n) is 3.20. The van der Waals surface area contributed by atoms with Gasteiger partial charge in [0.15, 0.2) is 0 Å². The highest BCUT2D eigenvalue weighted by molar-refractivity contribution is 5.93. The smallest absolute Gasteiger partial charge is 0.221 e. The van der Waals surface area contributed by atoms with E-state index in [0.29, 0.717) is 18.7 Å². The van der Waals surface area contributed by atoms with Crippen LogP contribution in [-0.2, 0) is 4.79 Å². The van der Waals surface area contributed by atoms with Crippen molar-refractivity contribution in [1.29, 1.82) is 0 Å². The van der Waals surface area contributed by atoms with E-state index in [1.54, 1.807) is 0 Å². The van der Waals surface area contributed by atoms with Gasteiger partial charge in [-0.25, -0.2) is 0 Å². The Hall–Kier alpha value is -2.30. The molecular weight excluding hydrogens is 264 g/mol. The van der Waals surface area contributed by atoms with Crippen molar-refractivity contribution in [3.8, 4) is 0 Å². The predicted octanol–water partition coefficient (Wildman–Crippen LogP) is 2.45. The third-order valence-corrected chi connectivity index (χ3v) is 3.20. The van der Waals surface area contributed by atoms with Gasteiger partial charge in [0.2, 0.25) is 5.91 Å². The highest BCUT2D eigenvalue weighted by atomic mass is 16.1. The van der Waals surface area contributed by atoms with E-state index in [0.717, 1.165) is 35.2 Å². The average Bonchev–Trinajstić information content (AvgIpc) is 2.45. The molecule has 0 bridgehead atoms. The highest BCUT2D eigenvalue weighted by Crippen LogP contribution is 2.25. The van der Waals surface area contributed by atoms with Gasteiger partial charge >= 0.3 is 0 Å². The second-order valence-electron chi connectivity index (χ2n) is 5.11. The van der Waals surface area contributed by atoms with E-state index < -0.39 is 0 Å². The Morgan fingerprint density at radius 2 is 2.10 bits per heavy atom. The maximum atomic E-state index is 11.6. The fourth-order valence-corrected chi connectivity index (χ4v) is 2.19. The minimum Gasteiger partial charge on any atom is -0.399 e. The molecule has 0 unspecified atom stereocenters. The van der Waals surface area contributed by atoms with Gasteiger partial charge in [0.25, 0.3) is 0 Å². The maximum absolute atomic E-state index is 11.6. The van der Waals surface area contributed by atoms with Crippen LogP contribution in [0.25, 0.3) is 10.9 Å². The van der Waals surface area contributed by atoms with Crippen LogP contribution in [0.1, 0.15) is 25.5 Å². The number of aryl methyl sites for hydroxylation is 1. The number of anilines is 2. The monoisotopic (exact) mass is 286 g/mol. The predicted molar refractivity (Wildman–Crippen MR) is 87.3 cm³/mol. The van der Waals surface area contributed by atoms with E-state index in [1.807, 2.05) is 38.1 Å². The van der Waals surface area contributed by atoms with E-state index in [-0.39, 0.29) is 5.91 Å². The quantitative estimate of drug-likeness (QED) is 0.713. The van der Waals surface area contributed by atoms with E-state index in [2.05, 4.69) is 15.6 Å². The second-order valence-corrected chi connectivity index (χ2v) is 5.11. The molecule has 0 spiro atoms. The number of carbonyl (C=O) groups is 1. The number of hydrogen-bond acceptors (Lipinski definition) is 4. The molecule has 1 amide bonds. The summed E-state index contributed by atoms with van der Waals surface area (Å²) < 4.78 is 0. The summed E-state index contributed by atoms with van der Waals surface area (Å²) >= 11 is 0. The molecule has 0 fully saturated rings. The number of rotatable bonds is 6. The van der Waals surface area contributed by atoms with Crippen LogP contribution in [0.3, 0.4) is 0 Å². The van der Waals surface area contributed by atoms with Crippen LogP contribution < -0.4 is 16.4 Å². The Bertz CT molecular complexity index is 639. The Morgan fingerprint density at radius 3 is 2.86 bits per heavy atom. The summed E-state index contributed by atoms with van der Waals surface area (Å²) in [5.74, 6) is 0.0685. The fraction of sp³-hybridized carbons (Fsp3) is 0.375. The molecule has 5 nitrogen and oxygen atoms in total. The van der Waals surface area contributed by atoms with Gasteiger partial charge in [0.05, 0.1) is 5.52 Å². The van der Waals surface area contributed by atoms with Gasteiger partial charge in [-0.3, -0.25) is 9.78 Å². The molecule has 0 radical (unpaired) electrons. The Labute approximate surface area is 124 Å². The number of amides is 1. The van der Waals surface area contributed by atoms with Crippen molar-refractivity contribution >= 4 is 28.2 Å². The number of benzene rings is 1. The molecule has 112 valence electrons. The Morgan fingerprint density at radius 1 is 1.29 bits per heavy atom. The minimum atomic E-state index is 0.0685. The van der Waals surface area contributed by atoms with Gasteiger partial charge in [0.1, 0.15) is 0 Å². The lowest BCUT2D eigenvalue weighted by Crippen LogP contribution is -2.25. The Balaban J connectivity index is 2.07. The lowest BCUT2D eigenvalue weighted by Gasteiger charge is -2.11. The van der Waals surface area contributed by atoms with Crippen molar-refractivity contribution in [2.75, 3.05) is 24.1 Å². The lowest BCUT2D eigenvalue weighted by atomic mass is 10.1. The average molecular weight is 286 g/mol. The molecule has 0 aliphatic carbocycles. The summed E-state index contributed by atoms with van der Waals surface area (Å²) in [6, 6.07) is 7.64. The van der Waals surface area contributed by atoms with Crippen molar-refractivity contribution in [2.45, 2.75) is 26.7 Å². The van der Waals surface area contributed by atoms with Gasteiger partial charge in [-0.15, -0.1) is 0 Å². The molecule has 0 saturated carbocycles. The standard InChI is InChI=1S/C16H22N4O/c1-3-7-19-16(21)6-8-18-15-9-11(2)20-14-5-4-12(17)10-13(14)15/h4-5,9-10H,3,6-8,17H2,1-2H3,(H,18,20)(H,19,21). The molecule has 1 aromatic heterocycles. The van der Waals surface area contributed by atoms with Gasteiger partial charge in [0, 0.05) is 42.0 Å². The second kappa shape index (κ2) is 6.92. The first-order valence-electron chi connectivity index (χ1n) is 7.27. The summed E-state index contributed by atoms with van der Waals surface area (Å²) in [4.78, 5) is 16.1. The van der Waals surface area contributed by atoms with Crippen LogP contribution in [0.2, 0.25) is 0 Å². The van der Waals surface area contributed by atoms with Crippen LogP contribution in [0.15, 0.2) is 24.3 Å². The van der Waals surface area contributed by atoms with Crippen molar-refractivity contribution in [1.82, 2.24) is 10.3 Å². The largest absolute Gasteiger partial charge is 0.399 e. The van der Waals surface area contributed by atoms with Crippen LogP contribution >= 0.6 is 0 Å². The topological polar surface area (TPSA) is 80.0 Å². The fourth-order valence-electron chi connectivity index (χ4n) is 2.19. The molecule has 0 atom stereocenters. The lowest BCUT2D eigenvalue weighted by molar-refractivity contribution is -0.120. The first-order valence-corrected chi connectivity index (χ1v) is 7.27. The van der Waals surface area contributed by atoms with E-state index in [9.17, 15) is 4.79 Å². The zero-order chi connectivity index (χ0) is 15.2. The molecule has 0 saturated heterocycles. The summed E-state index contributed by atoms with van der Waals surface area (Å²) in [7, 11) is 0. The minimum absolute atomic E-state index is 0.0685. The number of pyridine rings is 1. The first-order chi connectivity index (χ1) is 10.1. The molecule has 0 aliphatic rings. The molecule has 1 heterocycles. The number of nitrogens with two attached hydrogens (primary N) is 1. The first kappa shape index (κ1) is 15.1. The third kappa shape index (κ3) is 4.08. The van der Waals surface area contributed by atoms with Crippen molar-refractivity contribution in [2.24, 2.45) is 0 Å². The molecule has 2 aromatic rings. The van der Waals surface area contributed by atoms with E-state index >= 15 is 0 Å². The number of nitrogens with one attached hydrogen (secondary N) is 2. The highest BCUT2D eigenvalue weighted by Gasteiger charge is 2.05. The normalized spacial score (nSPS) is 10.6. The summed E-state index contributed by atoms with van der Waals surface area (Å²) in [5, 5.41) is 7.15. The van der Waals surface area contributed by atoms with Crippen LogP contribution in [-0.4, -0.2) is 24.0 Å². The number of carbonyl (C=O) groups excluding carboxylic acids is 1. The Kier molecular flexibility index (Phi) is 4.98. The summed E-state index contributed by atoms with van der Waals surface area (Å²) in [6.07, 6.45) is 1.40. The van der Waals surface area contributed by atoms with Gasteiger partial charge in [-0.05, 0) is 37.6 Å². The van der Waals surface area contributed by atoms with E-state index in [1.165, 1.54) is 0 Å². The molecule has 0 aliphatic heterocycles. The van der Waals surface area contributed by atoms with Gasteiger partial charge < -0.3 is 16.4 Å². The molecule has 21 heavy (non-hydrogen) atoms. The molecule has 5 heteroatoms. The van der Waals surface area contributed by atoms with Crippen molar-refractivity contribution < 1.29 is 4.79 Å². The maximum Gasteiger partial charge on any atom is 0.221 e. The zero-order valence-corrected chi connectivity index (χ0v) is 12.6. The van der Waals surface area contributed by atoms with Crippen molar-refractivity contribution in [3.63, 3.8) is 0 Å².